The van der Waals surface area contributed by atoms with Crippen LogP contribution in [0.25, 0.3) is 0 Å². The molecule has 11 heavy (non-hydrogen) atoms. The van der Waals surface area contributed by atoms with E-state index in [4.69, 9.17) is 4.74 Å². The van der Waals surface area contributed by atoms with Crippen molar-refractivity contribution in [3.8, 4) is 0 Å². The molecule has 2 saturated heterocycles. The lowest BCUT2D eigenvalue weighted by Gasteiger charge is -2.32. The van der Waals surface area contributed by atoms with E-state index < -0.39 is 0 Å². The number of rotatable bonds is 0. The van der Waals surface area contributed by atoms with Crippen LogP contribution < -0.4 is 0 Å². The topological polar surface area (TPSA) is 9.23 Å². The molecular weight excluding hydrogens is 136 g/mol. The summed E-state index contributed by atoms with van der Waals surface area (Å²) < 4.78 is 6.04. The lowest BCUT2D eigenvalue weighted by molar-refractivity contribution is -0.0410. The van der Waals surface area contributed by atoms with Gasteiger partial charge in [-0.2, -0.15) is 0 Å². The van der Waals surface area contributed by atoms with Gasteiger partial charge in [0, 0.05) is 0 Å². The summed E-state index contributed by atoms with van der Waals surface area (Å²) in [5.74, 6) is 4.09. The van der Waals surface area contributed by atoms with Crippen LogP contribution in [-0.4, -0.2) is 12.2 Å². The maximum atomic E-state index is 6.04. The Morgan fingerprint density at radius 1 is 0.909 bits per heavy atom. The minimum absolute atomic E-state index is 0.714. The monoisotopic (exact) mass is 150 g/mol. The van der Waals surface area contributed by atoms with Gasteiger partial charge >= 0.3 is 0 Å². The van der Waals surface area contributed by atoms with E-state index in [1.54, 1.807) is 0 Å². The van der Waals surface area contributed by atoms with Crippen LogP contribution in [0.4, 0.5) is 0 Å². The highest BCUT2D eigenvalue weighted by Gasteiger charge is 2.62. The Kier molecular flexibility index (Phi) is 0.769. The van der Waals surface area contributed by atoms with E-state index in [1.165, 1.54) is 25.7 Å². The van der Waals surface area contributed by atoms with Crippen LogP contribution in [0.1, 0.15) is 25.7 Å². The summed E-state index contributed by atoms with van der Waals surface area (Å²) in [6.45, 7) is 0. The number of hydrogen-bond acceptors (Lipinski definition) is 1. The van der Waals surface area contributed by atoms with Crippen LogP contribution in [0, 0.1) is 23.7 Å². The predicted molar refractivity (Wildman–Crippen MR) is 41.1 cm³/mol. The molecule has 0 aromatic heterocycles. The molecule has 0 aromatic rings. The predicted octanol–water partition coefficient (Wildman–Crippen LogP) is 1.82. The molecule has 5 fully saturated rings. The fraction of sp³-hybridized carbons (Fsp3) is 1.00. The fourth-order valence-corrected chi connectivity index (χ4v) is 4.42. The molecule has 3 aliphatic carbocycles. The van der Waals surface area contributed by atoms with Gasteiger partial charge in [0.05, 0.1) is 12.2 Å². The van der Waals surface area contributed by atoms with Gasteiger partial charge < -0.3 is 4.74 Å². The van der Waals surface area contributed by atoms with Crippen LogP contribution in [0.15, 0.2) is 0 Å². The van der Waals surface area contributed by atoms with Gasteiger partial charge in [0.15, 0.2) is 0 Å². The highest BCUT2D eigenvalue weighted by atomic mass is 16.5. The highest BCUT2D eigenvalue weighted by Crippen LogP contribution is 2.63. The van der Waals surface area contributed by atoms with Gasteiger partial charge in [-0.25, -0.2) is 0 Å². The summed E-state index contributed by atoms with van der Waals surface area (Å²) in [6.07, 6.45) is 7.37. The van der Waals surface area contributed by atoms with Crippen molar-refractivity contribution < 1.29 is 4.74 Å². The Labute approximate surface area is 67.1 Å². The molecule has 3 saturated carbocycles. The zero-order chi connectivity index (χ0) is 7.00. The summed E-state index contributed by atoms with van der Waals surface area (Å²) in [7, 11) is 0. The fourth-order valence-electron chi connectivity index (χ4n) is 4.42. The van der Waals surface area contributed by atoms with Gasteiger partial charge in [-0.05, 0) is 49.4 Å². The smallest absolute Gasteiger partial charge is 0.0641 e. The Bertz CT molecular complexity index is 199. The van der Waals surface area contributed by atoms with Crippen molar-refractivity contribution in [2.75, 3.05) is 0 Å². The van der Waals surface area contributed by atoms with E-state index in [9.17, 15) is 0 Å². The molecule has 5 aliphatic rings. The van der Waals surface area contributed by atoms with E-state index in [0.717, 1.165) is 29.8 Å². The SMILES string of the molecule is C1C2CC3C1OC1C2CCC31. The summed E-state index contributed by atoms with van der Waals surface area (Å²) in [4.78, 5) is 0. The van der Waals surface area contributed by atoms with Gasteiger partial charge in [-0.1, -0.05) is 0 Å². The van der Waals surface area contributed by atoms with Gasteiger partial charge in [0.1, 0.15) is 0 Å². The third kappa shape index (κ3) is 0.462. The first-order chi connectivity index (χ1) is 5.43. The van der Waals surface area contributed by atoms with Gasteiger partial charge in [-0.3, -0.25) is 0 Å². The number of hydrogen-bond donors (Lipinski definition) is 0. The average molecular weight is 150 g/mol. The molecule has 60 valence electrons. The van der Waals surface area contributed by atoms with Crippen molar-refractivity contribution in [1.29, 1.82) is 0 Å². The van der Waals surface area contributed by atoms with Crippen molar-refractivity contribution in [1.82, 2.24) is 0 Å². The quantitative estimate of drug-likeness (QED) is 0.512. The minimum atomic E-state index is 0.714. The molecule has 0 aromatic carbocycles. The first kappa shape index (κ1) is 5.58. The molecule has 5 rings (SSSR count). The van der Waals surface area contributed by atoms with Crippen LogP contribution >= 0.6 is 0 Å². The van der Waals surface area contributed by atoms with Crippen molar-refractivity contribution >= 4 is 0 Å². The van der Waals surface area contributed by atoms with E-state index in [0.29, 0.717) is 6.10 Å². The molecule has 6 atom stereocenters. The van der Waals surface area contributed by atoms with Crippen molar-refractivity contribution in [3.63, 3.8) is 0 Å². The van der Waals surface area contributed by atoms with E-state index in [1.807, 2.05) is 0 Å². The second-order valence-corrected chi connectivity index (χ2v) is 4.94. The second kappa shape index (κ2) is 1.52. The molecular formula is C10H14O. The molecule has 0 N–H and O–H groups in total. The third-order valence-corrected chi connectivity index (χ3v) is 4.75. The maximum Gasteiger partial charge on any atom is 0.0641 e. The normalized spacial score (nSPS) is 69.8. The minimum Gasteiger partial charge on any atom is -0.374 e. The Hall–Kier alpha value is -0.0400. The van der Waals surface area contributed by atoms with Crippen molar-refractivity contribution in [2.45, 2.75) is 37.9 Å². The average Bonchev–Trinajstić information content (AvgIpc) is 2.50. The molecule has 0 amide bonds. The molecule has 0 radical (unpaired) electrons. The zero-order valence-electron chi connectivity index (χ0n) is 6.70. The first-order valence-electron chi connectivity index (χ1n) is 5.09. The summed E-state index contributed by atoms with van der Waals surface area (Å²) in [5.41, 5.74) is 0. The summed E-state index contributed by atoms with van der Waals surface area (Å²) >= 11 is 0. The largest absolute Gasteiger partial charge is 0.374 e. The van der Waals surface area contributed by atoms with Crippen LogP contribution in [0.2, 0.25) is 0 Å². The van der Waals surface area contributed by atoms with Crippen LogP contribution in [-0.2, 0) is 4.74 Å². The van der Waals surface area contributed by atoms with E-state index in [2.05, 4.69) is 0 Å². The summed E-state index contributed by atoms with van der Waals surface area (Å²) in [6, 6.07) is 0. The van der Waals surface area contributed by atoms with Gasteiger partial charge in [-0.15, -0.1) is 0 Å². The Morgan fingerprint density at radius 2 is 1.82 bits per heavy atom. The first-order valence-corrected chi connectivity index (χ1v) is 5.09. The lowest BCUT2D eigenvalue weighted by Crippen LogP contribution is -2.32. The van der Waals surface area contributed by atoms with Crippen molar-refractivity contribution in [2.24, 2.45) is 23.7 Å². The third-order valence-electron chi connectivity index (χ3n) is 4.75. The molecule has 1 nitrogen and oxygen atoms in total. The lowest BCUT2D eigenvalue weighted by atomic mass is 9.79. The second-order valence-electron chi connectivity index (χ2n) is 4.94. The molecule has 0 spiro atoms. The molecule has 2 heterocycles. The van der Waals surface area contributed by atoms with Crippen LogP contribution in [0.5, 0.6) is 0 Å². The molecule has 6 unspecified atom stereocenters. The van der Waals surface area contributed by atoms with Gasteiger partial charge in [0.25, 0.3) is 0 Å². The maximum absolute atomic E-state index is 6.04. The Morgan fingerprint density at radius 3 is 2.82 bits per heavy atom. The van der Waals surface area contributed by atoms with E-state index in [-0.39, 0.29) is 0 Å². The van der Waals surface area contributed by atoms with Crippen molar-refractivity contribution in [3.05, 3.63) is 0 Å². The number of ether oxygens (including phenoxy) is 1. The molecule has 1 heteroatoms. The zero-order valence-corrected chi connectivity index (χ0v) is 6.70. The molecule has 6 bridgehead atoms. The van der Waals surface area contributed by atoms with Crippen LogP contribution in [0.3, 0.4) is 0 Å². The molecule has 2 aliphatic heterocycles. The van der Waals surface area contributed by atoms with Gasteiger partial charge in [0.2, 0.25) is 0 Å². The standard InChI is InChI=1S/C10H14O/c1-2-7-8-3-5-4-9(8)11-10(7)6(1)5/h5-10H,1-4H2. The Balaban J connectivity index is 1.90. The van der Waals surface area contributed by atoms with E-state index >= 15 is 0 Å². The summed E-state index contributed by atoms with van der Waals surface area (Å²) in [5, 5.41) is 0. The highest BCUT2D eigenvalue weighted by molar-refractivity contribution is 5.10.